The third-order valence-corrected chi connectivity index (χ3v) is 4.67. The Morgan fingerprint density at radius 3 is 2.68 bits per heavy atom. The van der Waals surface area contributed by atoms with E-state index in [1.807, 2.05) is 0 Å². The lowest BCUT2D eigenvalue weighted by Crippen LogP contribution is -2.39. The molecule has 5 nitrogen and oxygen atoms in total. The van der Waals surface area contributed by atoms with E-state index in [4.69, 9.17) is 23.2 Å². The molecule has 2 N–H and O–H groups in total. The fourth-order valence-electron chi connectivity index (χ4n) is 2.15. The predicted octanol–water partition coefficient (Wildman–Crippen LogP) is 2.74. The van der Waals surface area contributed by atoms with Crippen LogP contribution >= 0.6 is 34.5 Å². The lowest BCUT2D eigenvalue weighted by molar-refractivity contribution is -0.120. The SMILES string of the molecule is O=C(N[C@H]1CCNC1=O)c1cnc(-c2cc(Cl)cc(Cl)c2)s1. The molecule has 1 aliphatic rings. The zero-order chi connectivity index (χ0) is 15.7. The number of carbonyl (C=O) groups excluding carboxylic acids is 2. The normalized spacial score (nSPS) is 17.4. The lowest BCUT2D eigenvalue weighted by Gasteiger charge is -2.07. The summed E-state index contributed by atoms with van der Waals surface area (Å²) in [7, 11) is 0. The van der Waals surface area contributed by atoms with Gasteiger partial charge in [-0.15, -0.1) is 11.3 Å². The van der Waals surface area contributed by atoms with Crippen LogP contribution in [0.25, 0.3) is 10.6 Å². The number of hydrogen-bond acceptors (Lipinski definition) is 4. The van der Waals surface area contributed by atoms with Crippen LogP contribution in [0.2, 0.25) is 10.0 Å². The van der Waals surface area contributed by atoms with Crippen molar-refractivity contribution in [3.63, 3.8) is 0 Å². The van der Waals surface area contributed by atoms with Crippen LogP contribution < -0.4 is 10.6 Å². The maximum atomic E-state index is 12.2. The Bertz CT molecular complexity index is 727. The van der Waals surface area contributed by atoms with E-state index in [2.05, 4.69) is 15.6 Å². The van der Waals surface area contributed by atoms with Gasteiger partial charge >= 0.3 is 0 Å². The molecule has 0 spiro atoms. The number of nitrogens with one attached hydrogen (secondary N) is 2. The summed E-state index contributed by atoms with van der Waals surface area (Å²) in [5.41, 5.74) is 0.750. The molecule has 0 aliphatic carbocycles. The van der Waals surface area contributed by atoms with Crippen molar-refractivity contribution in [1.82, 2.24) is 15.6 Å². The average Bonchev–Trinajstić information content (AvgIpc) is 3.08. The van der Waals surface area contributed by atoms with Gasteiger partial charge in [0.25, 0.3) is 5.91 Å². The number of nitrogens with zero attached hydrogens (tertiary/aromatic N) is 1. The Kier molecular flexibility index (Phi) is 4.33. The van der Waals surface area contributed by atoms with Crippen LogP contribution in [-0.2, 0) is 4.79 Å². The molecule has 1 saturated heterocycles. The monoisotopic (exact) mass is 355 g/mol. The summed E-state index contributed by atoms with van der Waals surface area (Å²) in [6, 6.07) is 4.63. The van der Waals surface area contributed by atoms with E-state index in [0.717, 1.165) is 5.56 Å². The molecule has 0 unspecified atom stereocenters. The Hall–Kier alpha value is -1.63. The van der Waals surface area contributed by atoms with Gasteiger partial charge in [-0.2, -0.15) is 0 Å². The van der Waals surface area contributed by atoms with Gasteiger partial charge in [-0.1, -0.05) is 23.2 Å². The highest BCUT2D eigenvalue weighted by molar-refractivity contribution is 7.16. The van der Waals surface area contributed by atoms with Gasteiger partial charge in [-0.05, 0) is 24.6 Å². The minimum Gasteiger partial charge on any atom is -0.354 e. The molecular weight excluding hydrogens is 345 g/mol. The lowest BCUT2D eigenvalue weighted by atomic mass is 10.2. The second-order valence-corrected chi connectivity index (χ2v) is 6.70. The molecule has 0 saturated carbocycles. The first-order chi connectivity index (χ1) is 10.5. The fourth-order valence-corrected chi connectivity index (χ4v) is 3.48. The van der Waals surface area contributed by atoms with E-state index < -0.39 is 6.04 Å². The van der Waals surface area contributed by atoms with Gasteiger partial charge in [-0.3, -0.25) is 9.59 Å². The van der Waals surface area contributed by atoms with Crippen LogP contribution in [-0.4, -0.2) is 29.4 Å². The average molecular weight is 356 g/mol. The molecule has 22 heavy (non-hydrogen) atoms. The Labute approximate surface area is 140 Å². The summed E-state index contributed by atoms with van der Waals surface area (Å²) < 4.78 is 0. The summed E-state index contributed by atoms with van der Waals surface area (Å²) in [4.78, 5) is 28.3. The predicted molar refractivity (Wildman–Crippen MR) is 86.5 cm³/mol. The van der Waals surface area contributed by atoms with Gasteiger partial charge in [0.2, 0.25) is 5.91 Å². The number of aromatic nitrogens is 1. The smallest absolute Gasteiger partial charge is 0.263 e. The van der Waals surface area contributed by atoms with E-state index in [-0.39, 0.29) is 11.8 Å². The quantitative estimate of drug-likeness (QED) is 0.888. The number of amides is 2. The zero-order valence-corrected chi connectivity index (χ0v) is 13.6. The van der Waals surface area contributed by atoms with Gasteiger partial charge < -0.3 is 10.6 Å². The van der Waals surface area contributed by atoms with Crippen molar-refractivity contribution in [2.75, 3.05) is 6.54 Å². The van der Waals surface area contributed by atoms with Gasteiger partial charge in [-0.25, -0.2) is 4.98 Å². The van der Waals surface area contributed by atoms with E-state index >= 15 is 0 Å². The Balaban J connectivity index is 1.78. The highest BCUT2D eigenvalue weighted by atomic mass is 35.5. The summed E-state index contributed by atoms with van der Waals surface area (Å²) in [6.07, 6.45) is 2.08. The molecule has 1 aliphatic heterocycles. The number of halogens is 2. The van der Waals surface area contributed by atoms with Gasteiger partial charge in [0, 0.05) is 22.2 Å². The third kappa shape index (κ3) is 3.24. The number of thiazole rings is 1. The molecule has 2 aromatic rings. The van der Waals surface area contributed by atoms with Crippen LogP contribution in [0.15, 0.2) is 24.4 Å². The number of rotatable bonds is 3. The summed E-state index contributed by atoms with van der Waals surface area (Å²) in [6.45, 7) is 0.582. The highest BCUT2D eigenvalue weighted by Crippen LogP contribution is 2.30. The van der Waals surface area contributed by atoms with Gasteiger partial charge in [0.1, 0.15) is 15.9 Å². The van der Waals surface area contributed by atoms with Crippen molar-refractivity contribution < 1.29 is 9.59 Å². The standard InChI is InChI=1S/C14H11Cl2N3O2S/c15-8-3-7(4-9(16)5-8)14-18-6-11(22-14)13(21)19-10-1-2-17-12(10)20/h3-6,10H,1-2H2,(H,17,20)(H,19,21)/t10-/m0/s1. The van der Waals surface area contributed by atoms with Gasteiger partial charge in [0.15, 0.2) is 0 Å². The molecule has 3 rings (SSSR count). The maximum absolute atomic E-state index is 12.2. The molecular formula is C14H11Cl2N3O2S. The van der Waals surface area contributed by atoms with Crippen molar-refractivity contribution in [1.29, 1.82) is 0 Å². The molecule has 0 radical (unpaired) electrons. The van der Waals surface area contributed by atoms with Crippen molar-refractivity contribution in [3.8, 4) is 10.6 Å². The molecule has 1 aromatic heterocycles. The third-order valence-electron chi connectivity index (χ3n) is 3.19. The highest BCUT2D eigenvalue weighted by Gasteiger charge is 2.26. The first kappa shape index (κ1) is 15.3. The Morgan fingerprint density at radius 2 is 2.05 bits per heavy atom. The van der Waals surface area contributed by atoms with Crippen molar-refractivity contribution in [3.05, 3.63) is 39.3 Å². The van der Waals surface area contributed by atoms with E-state index in [1.165, 1.54) is 17.5 Å². The van der Waals surface area contributed by atoms with E-state index in [0.29, 0.717) is 32.9 Å². The first-order valence-corrected chi connectivity index (χ1v) is 8.11. The first-order valence-electron chi connectivity index (χ1n) is 6.54. The van der Waals surface area contributed by atoms with Gasteiger partial charge in [0.05, 0.1) is 6.20 Å². The topological polar surface area (TPSA) is 71.1 Å². The molecule has 1 aromatic carbocycles. The Morgan fingerprint density at radius 1 is 1.32 bits per heavy atom. The molecule has 1 atom stereocenters. The van der Waals surface area contributed by atoms with Crippen molar-refractivity contribution in [2.45, 2.75) is 12.5 Å². The minimum absolute atomic E-state index is 0.153. The summed E-state index contributed by atoms with van der Waals surface area (Å²) in [5, 5.41) is 7.03. The van der Waals surface area contributed by atoms with Crippen LogP contribution in [0, 0.1) is 0 Å². The molecule has 8 heteroatoms. The zero-order valence-electron chi connectivity index (χ0n) is 11.2. The van der Waals surface area contributed by atoms with E-state index in [1.54, 1.807) is 18.2 Å². The molecule has 1 fully saturated rings. The summed E-state index contributed by atoms with van der Waals surface area (Å²) in [5.74, 6) is -0.460. The maximum Gasteiger partial charge on any atom is 0.263 e. The molecule has 114 valence electrons. The molecule has 0 bridgehead atoms. The second kappa shape index (κ2) is 6.24. The molecule has 2 heterocycles. The number of hydrogen-bond donors (Lipinski definition) is 2. The number of carbonyl (C=O) groups is 2. The van der Waals surface area contributed by atoms with Crippen molar-refractivity contribution >= 4 is 46.4 Å². The van der Waals surface area contributed by atoms with Crippen LogP contribution in [0.4, 0.5) is 0 Å². The van der Waals surface area contributed by atoms with Crippen LogP contribution in [0.5, 0.6) is 0 Å². The van der Waals surface area contributed by atoms with E-state index in [9.17, 15) is 9.59 Å². The fraction of sp³-hybridized carbons (Fsp3) is 0.214. The largest absolute Gasteiger partial charge is 0.354 e. The molecule has 2 amide bonds. The number of benzene rings is 1. The second-order valence-electron chi connectivity index (χ2n) is 4.79. The van der Waals surface area contributed by atoms with Crippen LogP contribution in [0.3, 0.4) is 0 Å². The van der Waals surface area contributed by atoms with Crippen LogP contribution in [0.1, 0.15) is 16.1 Å². The minimum atomic E-state index is -0.473. The summed E-state index contributed by atoms with van der Waals surface area (Å²) >= 11 is 13.2. The van der Waals surface area contributed by atoms with Crippen molar-refractivity contribution in [2.24, 2.45) is 0 Å².